The predicted molar refractivity (Wildman–Crippen MR) is 101 cm³/mol. The van der Waals surface area contributed by atoms with Crippen molar-refractivity contribution in [3.8, 4) is 0 Å². The second-order valence-corrected chi connectivity index (χ2v) is 6.75. The first-order valence-corrected chi connectivity index (χ1v) is 8.90. The molecule has 136 valence electrons. The molecular formula is C20H23N3O3. The minimum atomic E-state index is -0.471. The van der Waals surface area contributed by atoms with Gasteiger partial charge in [0.2, 0.25) is 0 Å². The standard InChI is InChI=1S/C20H23N3O3/c1-15-5-8-17(13-19(15)23(25)26)20(24)21-18-9-6-16(7-10-18)14-22-11-3-2-4-12-22/h5-10,13H,2-4,11-12,14H2,1H3,(H,21,24). The molecule has 1 N–H and O–H groups in total. The zero-order chi connectivity index (χ0) is 18.5. The SMILES string of the molecule is Cc1ccc(C(=O)Nc2ccc(CN3CCCCC3)cc2)cc1[N+](=O)[O-]. The van der Waals surface area contributed by atoms with Gasteiger partial charge in [-0.15, -0.1) is 0 Å². The van der Waals surface area contributed by atoms with E-state index in [1.165, 1.54) is 30.9 Å². The Morgan fingerprint density at radius 3 is 2.46 bits per heavy atom. The molecule has 0 spiro atoms. The van der Waals surface area contributed by atoms with Gasteiger partial charge in [0, 0.05) is 29.4 Å². The Kier molecular flexibility index (Phi) is 5.63. The van der Waals surface area contributed by atoms with Gasteiger partial charge in [0.1, 0.15) is 0 Å². The normalized spacial score (nSPS) is 14.8. The summed E-state index contributed by atoms with van der Waals surface area (Å²) in [4.78, 5) is 25.4. The van der Waals surface area contributed by atoms with Crippen LogP contribution in [-0.2, 0) is 6.54 Å². The predicted octanol–water partition coefficient (Wildman–Crippen LogP) is 4.14. The lowest BCUT2D eigenvalue weighted by molar-refractivity contribution is -0.385. The molecule has 1 fully saturated rings. The Morgan fingerprint density at radius 1 is 1.12 bits per heavy atom. The number of hydrogen-bond acceptors (Lipinski definition) is 4. The Labute approximate surface area is 153 Å². The summed E-state index contributed by atoms with van der Waals surface area (Å²) in [6, 6.07) is 12.3. The van der Waals surface area contributed by atoms with Crippen molar-refractivity contribution >= 4 is 17.3 Å². The molecule has 0 aromatic heterocycles. The van der Waals surface area contributed by atoms with Gasteiger partial charge in [-0.1, -0.05) is 24.6 Å². The number of nitrogens with one attached hydrogen (secondary N) is 1. The molecule has 26 heavy (non-hydrogen) atoms. The molecule has 2 aromatic rings. The van der Waals surface area contributed by atoms with Gasteiger partial charge in [0.25, 0.3) is 11.6 Å². The quantitative estimate of drug-likeness (QED) is 0.647. The number of nitrogens with zero attached hydrogens (tertiary/aromatic N) is 2. The van der Waals surface area contributed by atoms with E-state index in [4.69, 9.17) is 0 Å². The van der Waals surface area contributed by atoms with E-state index >= 15 is 0 Å². The van der Waals surface area contributed by atoms with Gasteiger partial charge in [-0.3, -0.25) is 19.8 Å². The third-order valence-corrected chi connectivity index (χ3v) is 4.73. The van der Waals surface area contributed by atoms with Crippen molar-refractivity contribution in [2.24, 2.45) is 0 Å². The van der Waals surface area contributed by atoms with Crippen LogP contribution in [0.2, 0.25) is 0 Å². The van der Waals surface area contributed by atoms with E-state index in [2.05, 4.69) is 10.2 Å². The first kappa shape index (κ1) is 18.1. The molecule has 2 aromatic carbocycles. The number of nitro benzene ring substituents is 1. The van der Waals surface area contributed by atoms with E-state index in [9.17, 15) is 14.9 Å². The van der Waals surface area contributed by atoms with Gasteiger partial charge >= 0.3 is 0 Å². The molecular weight excluding hydrogens is 330 g/mol. The van der Waals surface area contributed by atoms with Crippen molar-refractivity contribution in [3.63, 3.8) is 0 Å². The number of hydrogen-bond donors (Lipinski definition) is 1. The summed E-state index contributed by atoms with van der Waals surface area (Å²) in [7, 11) is 0. The fourth-order valence-electron chi connectivity index (χ4n) is 3.22. The fraction of sp³-hybridized carbons (Fsp3) is 0.350. The molecule has 1 aliphatic rings. The number of amides is 1. The Bertz CT molecular complexity index is 796. The third-order valence-electron chi connectivity index (χ3n) is 4.73. The second-order valence-electron chi connectivity index (χ2n) is 6.75. The topological polar surface area (TPSA) is 75.5 Å². The number of anilines is 1. The molecule has 0 bridgehead atoms. The van der Waals surface area contributed by atoms with Crippen LogP contribution in [0, 0.1) is 17.0 Å². The number of likely N-dealkylation sites (tertiary alicyclic amines) is 1. The molecule has 6 heteroatoms. The monoisotopic (exact) mass is 353 g/mol. The minimum Gasteiger partial charge on any atom is -0.322 e. The average Bonchev–Trinajstić information content (AvgIpc) is 2.64. The van der Waals surface area contributed by atoms with Crippen LogP contribution in [0.4, 0.5) is 11.4 Å². The summed E-state index contributed by atoms with van der Waals surface area (Å²) in [6.07, 6.45) is 3.84. The number of benzene rings is 2. The summed E-state index contributed by atoms with van der Waals surface area (Å²) in [6.45, 7) is 4.87. The van der Waals surface area contributed by atoms with Gasteiger partial charge < -0.3 is 5.32 Å². The number of piperidine rings is 1. The van der Waals surface area contributed by atoms with Crippen LogP contribution in [0.25, 0.3) is 0 Å². The molecule has 0 saturated carbocycles. The highest BCUT2D eigenvalue weighted by molar-refractivity contribution is 6.04. The first-order chi connectivity index (χ1) is 12.5. The van der Waals surface area contributed by atoms with Crippen molar-refractivity contribution in [1.82, 2.24) is 4.90 Å². The van der Waals surface area contributed by atoms with Crippen molar-refractivity contribution < 1.29 is 9.72 Å². The van der Waals surface area contributed by atoms with Crippen LogP contribution in [0.5, 0.6) is 0 Å². The fourth-order valence-corrected chi connectivity index (χ4v) is 3.22. The van der Waals surface area contributed by atoms with Crippen LogP contribution >= 0.6 is 0 Å². The smallest absolute Gasteiger partial charge is 0.273 e. The number of carbonyl (C=O) groups excluding carboxylic acids is 1. The summed E-state index contributed by atoms with van der Waals surface area (Å²) in [5, 5.41) is 13.8. The third kappa shape index (κ3) is 4.46. The van der Waals surface area contributed by atoms with Gasteiger partial charge in [-0.05, 0) is 56.6 Å². The average molecular weight is 353 g/mol. The largest absolute Gasteiger partial charge is 0.322 e. The molecule has 1 aliphatic heterocycles. The van der Waals surface area contributed by atoms with Crippen LogP contribution in [-0.4, -0.2) is 28.8 Å². The lowest BCUT2D eigenvalue weighted by Gasteiger charge is -2.26. The zero-order valence-electron chi connectivity index (χ0n) is 14.9. The maximum atomic E-state index is 12.4. The zero-order valence-corrected chi connectivity index (χ0v) is 14.9. The summed E-state index contributed by atoms with van der Waals surface area (Å²) < 4.78 is 0. The molecule has 0 radical (unpaired) electrons. The van der Waals surface area contributed by atoms with E-state index < -0.39 is 4.92 Å². The van der Waals surface area contributed by atoms with E-state index in [0.29, 0.717) is 11.3 Å². The van der Waals surface area contributed by atoms with Crippen LogP contribution in [0.1, 0.15) is 40.7 Å². The van der Waals surface area contributed by atoms with Gasteiger partial charge in [-0.2, -0.15) is 0 Å². The summed E-state index contributed by atoms with van der Waals surface area (Å²) in [5.41, 5.74) is 2.67. The summed E-state index contributed by atoms with van der Waals surface area (Å²) >= 11 is 0. The van der Waals surface area contributed by atoms with Gasteiger partial charge in [0.05, 0.1) is 4.92 Å². The lowest BCUT2D eigenvalue weighted by Crippen LogP contribution is -2.29. The first-order valence-electron chi connectivity index (χ1n) is 8.90. The van der Waals surface area contributed by atoms with Crippen molar-refractivity contribution in [3.05, 3.63) is 69.3 Å². The van der Waals surface area contributed by atoms with Gasteiger partial charge in [-0.25, -0.2) is 0 Å². The molecule has 0 aliphatic carbocycles. The molecule has 3 rings (SSSR count). The Balaban J connectivity index is 1.64. The summed E-state index contributed by atoms with van der Waals surface area (Å²) in [5.74, 6) is -0.350. The number of aryl methyl sites for hydroxylation is 1. The van der Waals surface area contributed by atoms with Crippen molar-refractivity contribution in [2.75, 3.05) is 18.4 Å². The molecule has 6 nitrogen and oxygen atoms in total. The van der Waals surface area contributed by atoms with Crippen molar-refractivity contribution in [2.45, 2.75) is 32.7 Å². The maximum Gasteiger partial charge on any atom is 0.273 e. The van der Waals surface area contributed by atoms with E-state index in [-0.39, 0.29) is 17.2 Å². The molecule has 1 saturated heterocycles. The highest BCUT2D eigenvalue weighted by atomic mass is 16.6. The Hall–Kier alpha value is -2.73. The molecule has 0 atom stereocenters. The van der Waals surface area contributed by atoms with E-state index in [1.54, 1.807) is 19.1 Å². The molecule has 0 unspecified atom stereocenters. The van der Waals surface area contributed by atoms with Crippen LogP contribution < -0.4 is 5.32 Å². The van der Waals surface area contributed by atoms with Crippen LogP contribution in [0.3, 0.4) is 0 Å². The highest BCUT2D eigenvalue weighted by Crippen LogP contribution is 2.21. The van der Waals surface area contributed by atoms with E-state index in [0.717, 1.165) is 19.6 Å². The molecule has 1 heterocycles. The number of nitro groups is 1. The van der Waals surface area contributed by atoms with Crippen molar-refractivity contribution in [1.29, 1.82) is 0 Å². The number of rotatable bonds is 5. The Morgan fingerprint density at radius 2 is 1.81 bits per heavy atom. The highest BCUT2D eigenvalue weighted by Gasteiger charge is 2.15. The van der Waals surface area contributed by atoms with Gasteiger partial charge in [0.15, 0.2) is 0 Å². The maximum absolute atomic E-state index is 12.4. The van der Waals surface area contributed by atoms with Crippen LogP contribution in [0.15, 0.2) is 42.5 Å². The lowest BCUT2D eigenvalue weighted by atomic mass is 10.1. The van der Waals surface area contributed by atoms with E-state index in [1.807, 2.05) is 24.3 Å². The second kappa shape index (κ2) is 8.10. The number of carbonyl (C=O) groups is 1. The molecule has 1 amide bonds. The minimum absolute atomic E-state index is 0.0467.